The third kappa shape index (κ3) is 4.34. The Morgan fingerprint density at radius 1 is 1.50 bits per heavy atom. The van der Waals surface area contributed by atoms with Gasteiger partial charge in [0, 0.05) is 19.0 Å². The molecular formula is C11H18N6O3. The molecule has 0 saturated carbocycles. The van der Waals surface area contributed by atoms with Gasteiger partial charge in [0.1, 0.15) is 6.33 Å². The summed E-state index contributed by atoms with van der Waals surface area (Å²) in [7, 11) is 0. The lowest BCUT2D eigenvalue weighted by molar-refractivity contribution is -0.383. The van der Waals surface area contributed by atoms with Crippen LogP contribution in [0, 0.1) is 10.1 Å². The number of nitrogens with zero attached hydrogens (tertiary/aromatic N) is 3. The Bertz CT molecular complexity index is 493. The third-order valence-corrected chi connectivity index (χ3v) is 2.44. The van der Waals surface area contributed by atoms with Crippen LogP contribution >= 0.6 is 0 Å². The summed E-state index contributed by atoms with van der Waals surface area (Å²) >= 11 is 0. The smallest absolute Gasteiger partial charge is 0.353 e. The average Bonchev–Trinajstić information content (AvgIpc) is 2.34. The first kappa shape index (κ1) is 15.6. The minimum atomic E-state index is -0.558. The first-order valence-corrected chi connectivity index (χ1v) is 6.23. The molecule has 9 heteroatoms. The molecule has 1 aromatic heterocycles. The number of anilines is 2. The van der Waals surface area contributed by atoms with Gasteiger partial charge in [0.25, 0.3) is 0 Å². The number of carbonyl (C=O) groups excluding carboxylic acids is 1. The quantitative estimate of drug-likeness (QED) is 0.475. The van der Waals surface area contributed by atoms with Crippen LogP contribution in [0.25, 0.3) is 0 Å². The van der Waals surface area contributed by atoms with Crippen molar-refractivity contribution in [3.63, 3.8) is 0 Å². The van der Waals surface area contributed by atoms with E-state index in [9.17, 15) is 14.9 Å². The molecule has 1 unspecified atom stereocenters. The van der Waals surface area contributed by atoms with Gasteiger partial charge >= 0.3 is 5.69 Å². The molecule has 0 spiro atoms. The molecule has 1 heterocycles. The number of hydrogen-bond donors (Lipinski definition) is 3. The van der Waals surface area contributed by atoms with Gasteiger partial charge in [-0.2, -0.15) is 0 Å². The summed E-state index contributed by atoms with van der Waals surface area (Å²) in [5.41, 5.74) is 4.84. The molecule has 0 fully saturated rings. The predicted octanol–water partition coefficient (Wildman–Crippen LogP) is 0.883. The molecule has 0 saturated heterocycles. The van der Waals surface area contributed by atoms with Crippen molar-refractivity contribution >= 4 is 23.2 Å². The maximum Gasteiger partial charge on any atom is 0.353 e. The van der Waals surface area contributed by atoms with Crippen LogP contribution in [0.2, 0.25) is 0 Å². The van der Waals surface area contributed by atoms with Gasteiger partial charge < -0.3 is 16.4 Å². The highest BCUT2D eigenvalue weighted by molar-refractivity contribution is 5.75. The molecule has 9 nitrogen and oxygen atoms in total. The van der Waals surface area contributed by atoms with Crippen LogP contribution in [-0.2, 0) is 4.79 Å². The van der Waals surface area contributed by atoms with Crippen molar-refractivity contribution in [3.05, 3.63) is 16.4 Å². The van der Waals surface area contributed by atoms with Crippen molar-refractivity contribution in [2.75, 3.05) is 17.2 Å². The Hall–Kier alpha value is -2.45. The SMILES string of the molecule is CCCNc1ncnc(NC(C)CC(N)=O)c1[N+](=O)[O-]. The van der Waals surface area contributed by atoms with E-state index in [1.807, 2.05) is 6.92 Å². The minimum Gasteiger partial charge on any atom is -0.370 e. The van der Waals surface area contributed by atoms with Gasteiger partial charge in [-0.25, -0.2) is 9.97 Å². The van der Waals surface area contributed by atoms with Gasteiger partial charge in [0.15, 0.2) is 0 Å². The highest BCUT2D eigenvalue weighted by atomic mass is 16.6. The molecule has 0 aliphatic rings. The molecular weight excluding hydrogens is 264 g/mol. The zero-order valence-electron chi connectivity index (χ0n) is 11.4. The summed E-state index contributed by atoms with van der Waals surface area (Å²) in [4.78, 5) is 29.2. The second-order valence-electron chi connectivity index (χ2n) is 4.32. The second kappa shape index (κ2) is 7.22. The number of carbonyl (C=O) groups is 1. The van der Waals surface area contributed by atoms with E-state index < -0.39 is 10.8 Å². The van der Waals surface area contributed by atoms with Crippen molar-refractivity contribution in [1.29, 1.82) is 0 Å². The van der Waals surface area contributed by atoms with Gasteiger partial charge in [0.05, 0.1) is 4.92 Å². The Morgan fingerprint density at radius 2 is 2.15 bits per heavy atom. The highest BCUT2D eigenvalue weighted by Crippen LogP contribution is 2.29. The van der Waals surface area contributed by atoms with Gasteiger partial charge in [-0.3, -0.25) is 14.9 Å². The fraction of sp³-hybridized carbons (Fsp3) is 0.545. The van der Waals surface area contributed by atoms with E-state index in [0.717, 1.165) is 6.42 Å². The van der Waals surface area contributed by atoms with E-state index in [-0.39, 0.29) is 29.8 Å². The van der Waals surface area contributed by atoms with Crippen LogP contribution in [0.1, 0.15) is 26.7 Å². The maximum atomic E-state index is 11.2. The van der Waals surface area contributed by atoms with Gasteiger partial charge in [0.2, 0.25) is 17.5 Å². The molecule has 0 bridgehead atoms. The Labute approximate surface area is 116 Å². The van der Waals surface area contributed by atoms with Crippen molar-refractivity contribution < 1.29 is 9.72 Å². The van der Waals surface area contributed by atoms with E-state index >= 15 is 0 Å². The van der Waals surface area contributed by atoms with Crippen molar-refractivity contribution in [1.82, 2.24) is 9.97 Å². The molecule has 1 rings (SSSR count). The molecule has 1 aromatic rings. The minimum absolute atomic E-state index is 0.0544. The summed E-state index contributed by atoms with van der Waals surface area (Å²) in [6, 6.07) is -0.361. The van der Waals surface area contributed by atoms with E-state index in [1.54, 1.807) is 6.92 Å². The van der Waals surface area contributed by atoms with E-state index in [4.69, 9.17) is 5.73 Å². The normalized spacial score (nSPS) is 11.7. The molecule has 20 heavy (non-hydrogen) atoms. The fourth-order valence-electron chi connectivity index (χ4n) is 1.62. The summed E-state index contributed by atoms with van der Waals surface area (Å²) in [5, 5.41) is 16.8. The largest absolute Gasteiger partial charge is 0.370 e. The van der Waals surface area contributed by atoms with Gasteiger partial charge in [-0.1, -0.05) is 6.92 Å². The maximum absolute atomic E-state index is 11.2. The van der Waals surface area contributed by atoms with Crippen molar-refractivity contribution in [3.8, 4) is 0 Å². The average molecular weight is 282 g/mol. The molecule has 1 amide bonds. The summed E-state index contributed by atoms with van der Waals surface area (Å²) < 4.78 is 0. The number of nitrogens with one attached hydrogen (secondary N) is 2. The first-order chi connectivity index (χ1) is 9.45. The van der Waals surface area contributed by atoms with Crippen LogP contribution in [0.15, 0.2) is 6.33 Å². The molecule has 0 aliphatic carbocycles. The monoisotopic (exact) mass is 282 g/mol. The lowest BCUT2D eigenvalue weighted by Crippen LogP contribution is -2.25. The number of nitrogens with two attached hydrogens (primary N) is 1. The van der Waals surface area contributed by atoms with Gasteiger partial charge in [-0.05, 0) is 13.3 Å². The molecule has 0 aromatic carbocycles. The van der Waals surface area contributed by atoms with Crippen LogP contribution in [-0.4, -0.2) is 33.4 Å². The lowest BCUT2D eigenvalue weighted by atomic mass is 10.2. The molecule has 1 atom stereocenters. The molecule has 110 valence electrons. The number of amides is 1. The zero-order chi connectivity index (χ0) is 15.1. The summed E-state index contributed by atoms with van der Waals surface area (Å²) in [6.45, 7) is 4.19. The Morgan fingerprint density at radius 3 is 2.70 bits per heavy atom. The zero-order valence-corrected chi connectivity index (χ0v) is 11.4. The van der Waals surface area contributed by atoms with Crippen LogP contribution in [0.4, 0.5) is 17.3 Å². The lowest BCUT2D eigenvalue weighted by Gasteiger charge is -2.13. The third-order valence-electron chi connectivity index (χ3n) is 2.44. The van der Waals surface area contributed by atoms with E-state index in [1.165, 1.54) is 6.33 Å². The van der Waals surface area contributed by atoms with E-state index in [0.29, 0.717) is 6.54 Å². The fourth-order valence-corrected chi connectivity index (χ4v) is 1.62. The Kier molecular flexibility index (Phi) is 5.63. The second-order valence-corrected chi connectivity index (χ2v) is 4.32. The molecule has 4 N–H and O–H groups in total. The van der Waals surface area contributed by atoms with Crippen LogP contribution < -0.4 is 16.4 Å². The molecule has 0 aliphatic heterocycles. The van der Waals surface area contributed by atoms with Crippen molar-refractivity contribution in [2.24, 2.45) is 5.73 Å². The number of nitro groups is 1. The topological polar surface area (TPSA) is 136 Å². The van der Waals surface area contributed by atoms with E-state index in [2.05, 4.69) is 20.6 Å². The van der Waals surface area contributed by atoms with Gasteiger partial charge in [-0.15, -0.1) is 0 Å². The summed E-state index contributed by atoms with van der Waals surface area (Å²) in [5.74, 6) is -0.274. The predicted molar refractivity (Wildman–Crippen MR) is 74.4 cm³/mol. The number of primary amides is 1. The highest BCUT2D eigenvalue weighted by Gasteiger charge is 2.23. The number of hydrogen-bond acceptors (Lipinski definition) is 7. The van der Waals surface area contributed by atoms with Crippen LogP contribution in [0.5, 0.6) is 0 Å². The standard InChI is InChI=1S/C11H18N6O3/c1-3-4-13-10-9(17(19)20)11(15-6-14-10)16-7(2)5-8(12)18/h6-7H,3-5H2,1-2H3,(H2,12,18)(H2,13,14,15,16). The number of rotatable bonds is 8. The number of aromatic nitrogens is 2. The summed E-state index contributed by atoms with van der Waals surface area (Å²) in [6.07, 6.45) is 2.09. The van der Waals surface area contributed by atoms with Crippen LogP contribution in [0.3, 0.4) is 0 Å². The van der Waals surface area contributed by atoms with Crippen molar-refractivity contribution in [2.45, 2.75) is 32.7 Å². The first-order valence-electron chi connectivity index (χ1n) is 6.23. The Balaban J connectivity index is 2.99. The molecule has 0 radical (unpaired) electrons.